The number of nitrogens with one attached hydrogen (secondary N) is 1. The lowest BCUT2D eigenvalue weighted by Crippen LogP contribution is -2.52. The van der Waals surface area contributed by atoms with Crippen LogP contribution in [0.3, 0.4) is 0 Å². The van der Waals surface area contributed by atoms with Crippen molar-refractivity contribution in [3.63, 3.8) is 0 Å². The topological polar surface area (TPSA) is 96.0 Å². The van der Waals surface area contributed by atoms with Gasteiger partial charge in [-0.25, -0.2) is 17.2 Å². The van der Waals surface area contributed by atoms with E-state index >= 15 is 0 Å². The van der Waals surface area contributed by atoms with Crippen LogP contribution in [0.2, 0.25) is 0 Å². The summed E-state index contributed by atoms with van der Waals surface area (Å²) < 4.78 is 61.2. The molecule has 0 aromatic heterocycles. The fourth-order valence-electron chi connectivity index (χ4n) is 3.97. The Bertz CT molecular complexity index is 1420. The second-order valence-corrected chi connectivity index (χ2v) is 11.4. The van der Waals surface area contributed by atoms with Gasteiger partial charge >= 0.3 is 0 Å². The standard InChI is InChI=1S/C30H35F2N3O5S/c1-5-21(3)33-30(37)22(4)34(19-23-7-9-24(31)10-8-23)29(36)20-35(26-13-11-25(32)12-14-26)41(38,39)28-17-15-27(16-18-28)40-6-2/h7-18,21-22H,5-6,19-20H2,1-4H3,(H,33,37)/t21-,22-/m1/s1. The first-order chi connectivity index (χ1) is 19.5. The van der Waals surface area contributed by atoms with Gasteiger partial charge in [0.1, 0.15) is 30.0 Å². The number of hydrogen-bond donors (Lipinski definition) is 1. The summed E-state index contributed by atoms with van der Waals surface area (Å²) >= 11 is 0. The van der Waals surface area contributed by atoms with Crippen molar-refractivity contribution in [1.29, 1.82) is 0 Å². The zero-order chi connectivity index (χ0) is 30.2. The smallest absolute Gasteiger partial charge is 0.264 e. The van der Waals surface area contributed by atoms with Crippen LogP contribution in [0, 0.1) is 11.6 Å². The fraction of sp³-hybridized carbons (Fsp3) is 0.333. The van der Waals surface area contributed by atoms with Gasteiger partial charge in [0.2, 0.25) is 11.8 Å². The molecule has 0 aliphatic carbocycles. The van der Waals surface area contributed by atoms with E-state index in [1.165, 1.54) is 65.6 Å². The highest BCUT2D eigenvalue weighted by Gasteiger charge is 2.33. The predicted octanol–water partition coefficient (Wildman–Crippen LogP) is 4.89. The number of carbonyl (C=O) groups is 2. The van der Waals surface area contributed by atoms with Gasteiger partial charge < -0.3 is 15.0 Å². The van der Waals surface area contributed by atoms with Crippen LogP contribution < -0.4 is 14.4 Å². The first kappa shape index (κ1) is 31.5. The summed E-state index contributed by atoms with van der Waals surface area (Å²) in [7, 11) is -4.32. The maximum atomic E-state index is 13.9. The molecule has 220 valence electrons. The second kappa shape index (κ2) is 14.1. The van der Waals surface area contributed by atoms with Gasteiger partial charge in [-0.15, -0.1) is 0 Å². The molecule has 0 heterocycles. The first-order valence-electron chi connectivity index (χ1n) is 13.3. The zero-order valence-corrected chi connectivity index (χ0v) is 24.3. The number of rotatable bonds is 13. The third-order valence-electron chi connectivity index (χ3n) is 6.55. The van der Waals surface area contributed by atoms with Crippen LogP contribution in [0.1, 0.15) is 39.7 Å². The molecule has 0 aliphatic heterocycles. The van der Waals surface area contributed by atoms with E-state index in [0.717, 1.165) is 16.4 Å². The summed E-state index contributed by atoms with van der Waals surface area (Å²) in [4.78, 5) is 28.0. The highest BCUT2D eigenvalue weighted by Crippen LogP contribution is 2.26. The van der Waals surface area contributed by atoms with Gasteiger partial charge in [0, 0.05) is 12.6 Å². The normalized spacial score (nSPS) is 12.7. The monoisotopic (exact) mass is 587 g/mol. The molecule has 0 aliphatic rings. The lowest BCUT2D eigenvalue weighted by molar-refractivity contribution is -0.139. The highest BCUT2D eigenvalue weighted by molar-refractivity contribution is 7.92. The quantitative estimate of drug-likeness (QED) is 0.307. The minimum Gasteiger partial charge on any atom is -0.494 e. The molecule has 0 bridgehead atoms. The first-order valence-corrected chi connectivity index (χ1v) is 14.8. The van der Waals surface area contributed by atoms with E-state index in [-0.39, 0.29) is 23.2 Å². The van der Waals surface area contributed by atoms with Crippen molar-refractivity contribution in [2.45, 2.75) is 57.6 Å². The van der Waals surface area contributed by atoms with E-state index in [2.05, 4.69) is 5.32 Å². The highest BCUT2D eigenvalue weighted by atomic mass is 32.2. The van der Waals surface area contributed by atoms with Crippen molar-refractivity contribution in [1.82, 2.24) is 10.2 Å². The molecular formula is C30H35F2N3O5S. The van der Waals surface area contributed by atoms with E-state index in [0.29, 0.717) is 24.3 Å². The Hall–Kier alpha value is -3.99. The molecule has 0 radical (unpaired) electrons. The summed E-state index contributed by atoms with van der Waals surface area (Å²) in [6.07, 6.45) is 0.670. The number of hydrogen-bond acceptors (Lipinski definition) is 5. The molecular weight excluding hydrogens is 552 g/mol. The van der Waals surface area contributed by atoms with Gasteiger partial charge in [-0.2, -0.15) is 0 Å². The van der Waals surface area contributed by atoms with E-state index in [4.69, 9.17) is 4.74 Å². The summed E-state index contributed by atoms with van der Waals surface area (Å²) in [5.74, 6) is -1.66. The molecule has 0 spiro atoms. The number of amides is 2. The SMILES string of the molecule is CCOc1ccc(S(=O)(=O)N(CC(=O)N(Cc2ccc(F)cc2)[C@H](C)C(=O)N[C@H](C)CC)c2ccc(F)cc2)cc1. The number of anilines is 1. The average molecular weight is 588 g/mol. The van der Waals surface area contributed by atoms with E-state index in [1.807, 2.05) is 13.8 Å². The third kappa shape index (κ3) is 8.26. The fourth-order valence-corrected chi connectivity index (χ4v) is 5.39. The van der Waals surface area contributed by atoms with Crippen LogP contribution in [0.25, 0.3) is 0 Å². The van der Waals surface area contributed by atoms with Crippen molar-refractivity contribution < 1.29 is 31.5 Å². The largest absolute Gasteiger partial charge is 0.494 e. The van der Waals surface area contributed by atoms with Crippen molar-refractivity contribution in [3.8, 4) is 5.75 Å². The van der Waals surface area contributed by atoms with E-state index in [1.54, 1.807) is 13.8 Å². The molecule has 11 heteroatoms. The Morgan fingerprint density at radius 3 is 1.98 bits per heavy atom. The summed E-state index contributed by atoms with van der Waals surface area (Å²) in [5, 5.41) is 2.84. The van der Waals surface area contributed by atoms with Crippen LogP contribution in [-0.4, -0.2) is 50.4 Å². The Labute approximate surface area is 240 Å². The average Bonchev–Trinajstić information content (AvgIpc) is 2.96. The van der Waals surface area contributed by atoms with Crippen LogP contribution in [0.15, 0.2) is 77.7 Å². The van der Waals surface area contributed by atoms with Crippen LogP contribution in [0.5, 0.6) is 5.75 Å². The third-order valence-corrected chi connectivity index (χ3v) is 8.34. The lowest BCUT2D eigenvalue weighted by atomic mass is 10.1. The Kier molecular flexibility index (Phi) is 10.8. The number of nitrogens with zero attached hydrogens (tertiary/aromatic N) is 2. The van der Waals surface area contributed by atoms with Gasteiger partial charge in [0.15, 0.2) is 0 Å². The molecule has 2 amide bonds. The maximum Gasteiger partial charge on any atom is 0.264 e. The molecule has 1 N–H and O–H groups in total. The van der Waals surface area contributed by atoms with Crippen molar-refractivity contribution >= 4 is 27.5 Å². The second-order valence-electron chi connectivity index (χ2n) is 9.53. The lowest BCUT2D eigenvalue weighted by Gasteiger charge is -2.32. The Balaban J connectivity index is 2.01. The predicted molar refractivity (Wildman–Crippen MR) is 153 cm³/mol. The Morgan fingerprint density at radius 1 is 0.878 bits per heavy atom. The molecule has 8 nitrogen and oxygen atoms in total. The molecule has 0 unspecified atom stereocenters. The molecule has 41 heavy (non-hydrogen) atoms. The molecule has 0 fully saturated rings. The van der Waals surface area contributed by atoms with Gasteiger partial charge in [0.25, 0.3) is 10.0 Å². The van der Waals surface area contributed by atoms with E-state index < -0.39 is 46.1 Å². The number of ether oxygens (including phenoxy) is 1. The van der Waals surface area contributed by atoms with Gasteiger partial charge in [-0.3, -0.25) is 13.9 Å². The minimum absolute atomic E-state index is 0.0621. The molecule has 0 saturated carbocycles. The Morgan fingerprint density at radius 2 is 1.44 bits per heavy atom. The maximum absolute atomic E-state index is 13.9. The van der Waals surface area contributed by atoms with Crippen molar-refractivity contribution in [3.05, 3.63) is 90.0 Å². The van der Waals surface area contributed by atoms with Gasteiger partial charge in [-0.05, 0) is 93.4 Å². The summed E-state index contributed by atoms with van der Waals surface area (Å²) in [6, 6.07) is 14.8. The summed E-state index contributed by atoms with van der Waals surface area (Å²) in [5.41, 5.74) is 0.609. The number of halogens is 2. The molecule has 3 aromatic rings. The molecule has 0 saturated heterocycles. The van der Waals surface area contributed by atoms with Crippen LogP contribution >= 0.6 is 0 Å². The number of carbonyl (C=O) groups excluding carboxylic acids is 2. The molecule has 2 atom stereocenters. The molecule has 3 rings (SSSR count). The van der Waals surface area contributed by atoms with E-state index in [9.17, 15) is 26.8 Å². The molecule has 3 aromatic carbocycles. The zero-order valence-electron chi connectivity index (χ0n) is 23.5. The van der Waals surface area contributed by atoms with Crippen molar-refractivity contribution in [2.75, 3.05) is 17.5 Å². The van der Waals surface area contributed by atoms with Crippen molar-refractivity contribution in [2.24, 2.45) is 0 Å². The van der Waals surface area contributed by atoms with Crippen LogP contribution in [0.4, 0.5) is 14.5 Å². The van der Waals surface area contributed by atoms with Crippen LogP contribution in [-0.2, 0) is 26.2 Å². The van der Waals surface area contributed by atoms with Gasteiger partial charge in [-0.1, -0.05) is 19.1 Å². The minimum atomic E-state index is -4.32. The number of benzene rings is 3. The summed E-state index contributed by atoms with van der Waals surface area (Å²) in [6.45, 7) is 6.73. The van der Waals surface area contributed by atoms with Gasteiger partial charge in [0.05, 0.1) is 17.2 Å². The number of sulfonamides is 1.